The van der Waals surface area contributed by atoms with Gasteiger partial charge in [-0.25, -0.2) is 4.68 Å². The number of aryl methyl sites for hydroxylation is 1. The average molecular weight is 265 g/mol. The molecule has 1 heterocycles. The molecule has 0 spiro atoms. The molecule has 1 aromatic carbocycles. The summed E-state index contributed by atoms with van der Waals surface area (Å²) in [6.07, 6.45) is 1.62. The van der Waals surface area contributed by atoms with E-state index in [0.717, 1.165) is 29.9 Å². The first-order valence-electron chi connectivity index (χ1n) is 6.05. The molecule has 0 atom stereocenters. The van der Waals surface area contributed by atoms with Gasteiger partial charge in [0.1, 0.15) is 0 Å². The fourth-order valence-corrected chi connectivity index (χ4v) is 2.34. The van der Waals surface area contributed by atoms with E-state index in [4.69, 9.17) is 16.7 Å². The average Bonchev–Trinajstić information content (AvgIpc) is 2.63. The third-order valence-electron chi connectivity index (χ3n) is 3.08. The summed E-state index contributed by atoms with van der Waals surface area (Å²) >= 11 is 6.00. The van der Waals surface area contributed by atoms with Crippen molar-refractivity contribution in [3.05, 3.63) is 46.2 Å². The van der Waals surface area contributed by atoms with E-state index in [1.54, 1.807) is 0 Å². The zero-order chi connectivity index (χ0) is 13.1. The molecule has 2 aromatic rings. The lowest BCUT2D eigenvalue weighted by molar-refractivity contribution is 0.288. The minimum Gasteiger partial charge on any atom is -0.396 e. The van der Waals surface area contributed by atoms with Gasteiger partial charge in [0.25, 0.3) is 0 Å². The summed E-state index contributed by atoms with van der Waals surface area (Å²) in [6, 6.07) is 7.66. The molecule has 0 radical (unpaired) electrons. The number of aromatic nitrogens is 2. The second-order valence-corrected chi connectivity index (χ2v) is 4.80. The smallest absolute Gasteiger partial charge is 0.0663 e. The molecular formula is C14H17ClN2O. The lowest BCUT2D eigenvalue weighted by Crippen LogP contribution is -1.99. The van der Waals surface area contributed by atoms with Gasteiger partial charge in [-0.1, -0.05) is 17.7 Å². The van der Waals surface area contributed by atoms with Gasteiger partial charge in [-0.15, -0.1) is 0 Å². The fraction of sp³-hybridized carbons (Fsp3) is 0.357. The molecule has 3 nitrogen and oxygen atoms in total. The van der Waals surface area contributed by atoms with Crippen LogP contribution in [0, 0.1) is 13.8 Å². The molecular weight excluding hydrogens is 248 g/mol. The van der Waals surface area contributed by atoms with Gasteiger partial charge in [-0.3, -0.25) is 0 Å². The molecule has 0 saturated heterocycles. The Hall–Kier alpha value is -1.32. The van der Waals surface area contributed by atoms with Gasteiger partial charge >= 0.3 is 0 Å². The fourth-order valence-electron chi connectivity index (χ4n) is 2.15. The summed E-state index contributed by atoms with van der Waals surface area (Å²) in [5, 5.41) is 14.2. The molecule has 4 heteroatoms. The first kappa shape index (κ1) is 13.1. The number of aliphatic hydroxyl groups excluding tert-OH is 1. The minimum absolute atomic E-state index is 0.210. The van der Waals surface area contributed by atoms with Gasteiger partial charge in [0.2, 0.25) is 0 Å². The van der Waals surface area contributed by atoms with Crippen LogP contribution in [-0.4, -0.2) is 21.5 Å². The van der Waals surface area contributed by atoms with Crippen LogP contribution in [0.25, 0.3) is 5.69 Å². The number of benzene rings is 1. The second-order valence-electron chi connectivity index (χ2n) is 4.37. The lowest BCUT2D eigenvalue weighted by Gasteiger charge is -2.05. The SMILES string of the molecule is Cc1nn(-c2cccc(Cl)c2)c(C)c1CCCO. The van der Waals surface area contributed by atoms with E-state index in [9.17, 15) is 0 Å². The van der Waals surface area contributed by atoms with Crippen LogP contribution in [0.15, 0.2) is 24.3 Å². The van der Waals surface area contributed by atoms with E-state index < -0.39 is 0 Å². The Morgan fingerprint density at radius 3 is 2.78 bits per heavy atom. The Morgan fingerprint density at radius 1 is 1.33 bits per heavy atom. The number of nitrogens with zero attached hydrogens (tertiary/aromatic N) is 2. The highest BCUT2D eigenvalue weighted by Gasteiger charge is 2.12. The maximum Gasteiger partial charge on any atom is 0.0663 e. The third kappa shape index (κ3) is 2.57. The van der Waals surface area contributed by atoms with Gasteiger partial charge in [0.05, 0.1) is 11.4 Å². The van der Waals surface area contributed by atoms with Crippen LogP contribution in [-0.2, 0) is 6.42 Å². The number of halogens is 1. The Bertz CT molecular complexity index is 549. The van der Waals surface area contributed by atoms with Crippen LogP contribution < -0.4 is 0 Å². The predicted molar refractivity (Wildman–Crippen MR) is 73.5 cm³/mol. The molecule has 1 N–H and O–H groups in total. The zero-order valence-corrected chi connectivity index (χ0v) is 11.4. The number of hydrogen-bond donors (Lipinski definition) is 1. The van der Waals surface area contributed by atoms with Crippen molar-refractivity contribution in [1.82, 2.24) is 9.78 Å². The van der Waals surface area contributed by atoms with E-state index in [0.29, 0.717) is 5.02 Å². The van der Waals surface area contributed by atoms with Crippen LogP contribution in [0.5, 0.6) is 0 Å². The molecule has 0 aliphatic heterocycles. The van der Waals surface area contributed by atoms with Crippen LogP contribution in [0.4, 0.5) is 0 Å². The quantitative estimate of drug-likeness (QED) is 0.922. The molecule has 0 aliphatic rings. The molecule has 0 aliphatic carbocycles. The first-order valence-corrected chi connectivity index (χ1v) is 6.43. The van der Waals surface area contributed by atoms with Crippen LogP contribution in [0.2, 0.25) is 5.02 Å². The Morgan fingerprint density at radius 2 is 2.11 bits per heavy atom. The molecule has 1 aromatic heterocycles. The zero-order valence-electron chi connectivity index (χ0n) is 10.7. The first-order chi connectivity index (χ1) is 8.63. The third-order valence-corrected chi connectivity index (χ3v) is 3.31. The molecule has 0 bridgehead atoms. The molecule has 0 amide bonds. The molecule has 0 saturated carbocycles. The minimum atomic E-state index is 0.210. The van der Waals surface area contributed by atoms with Crippen LogP contribution >= 0.6 is 11.6 Å². The van der Waals surface area contributed by atoms with Crippen molar-refractivity contribution in [2.45, 2.75) is 26.7 Å². The summed E-state index contributed by atoms with van der Waals surface area (Å²) in [5.74, 6) is 0. The molecule has 96 valence electrons. The van der Waals surface area contributed by atoms with Crippen molar-refractivity contribution in [2.24, 2.45) is 0 Å². The van der Waals surface area contributed by atoms with E-state index in [-0.39, 0.29) is 6.61 Å². The maximum atomic E-state index is 8.92. The van der Waals surface area contributed by atoms with Gasteiger partial charge < -0.3 is 5.11 Å². The lowest BCUT2D eigenvalue weighted by atomic mass is 10.1. The van der Waals surface area contributed by atoms with Crippen LogP contribution in [0.1, 0.15) is 23.4 Å². The van der Waals surface area contributed by atoms with E-state index >= 15 is 0 Å². The molecule has 0 unspecified atom stereocenters. The Kier molecular flexibility index (Phi) is 4.04. The second kappa shape index (κ2) is 5.55. The number of rotatable bonds is 4. The molecule has 0 fully saturated rings. The van der Waals surface area contributed by atoms with E-state index in [2.05, 4.69) is 5.10 Å². The normalized spacial score (nSPS) is 10.9. The molecule has 2 rings (SSSR count). The highest BCUT2D eigenvalue weighted by molar-refractivity contribution is 6.30. The molecule has 18 heavy (non-hydrogen) atoms. The highest BCUT2D eigenvalue weighted by atomic mass is 35.5. The highest BCUT2D eigenvalue weighted by Crippen LogP contribution is 2.21. The Balaban J connectivity index is 2.40. The van der Waals surface area contributed by atoms with Crippen molar-refractivity contribution in [3.8, 4) is 5.69 Å². The predicted octanol–water partition coefficient (Wildman–Crippen LogP) is 3.07. The summed E-state index contributed by atoms with van der Waals surface area (Å²) in [7, 11) is 0. The van der Waals surface area contributed by atoms with Crippen molar-refractivity contribution in [1.29, 1.82) is 0 Å². The van der Waals surface area contributed by atoms with Crippen LogP contribution in [0.3, 0.4) is 0 Å². The van der Waals surface area contributed by atoms with E-state index in [1.165, 1.54) is 5.56 Å². The van der Waals surface area contributed by atoms with Crippen molar-refractivity contribution >= 4 is 11.6 Å². The summed E-state index contributed by atoms with van der Waals surface area (Å²) in [6.45, 7) is 4.26. The van der Waals surface area contributed by atoms with Gasteiger partial charge in [-0.05, 0) is 50.5 Å². The monoisotopic (exact) mass is 264 g/mol. The van der Waals surface area contributed by atoms with Gasteiger partial charge in [-0.2, -0.15) is 5.10 Å². The van der Waals surface area contributed by atoms with Crippen molar-refractivity contribution in [2.75, 3.05) is 6.61 Å². The topological polar surface area (TPSA) is 38.0 Å². The summed E-state index contributed by atoms with van der Waals surface area (Å²) < 4.78 is 1.91. The summed E-state index contributed by atoms with van der Waals surface area (Å²) in [4.78, 5) is 0. The largest absolute Gasteiger partial charge is 0.396 e. The summed E-state index contributed by atoms with van der Waals surface area (Å²) in [5.41, 5.74) is 4.31. The van der Waals surface area contributed by atoms with Crippen molar-refractivity contribution in [3.63, 3.8) is 0 Å². The maximum absolute atomic E-state index is 8.92. The number of aliphatic hydroxyl groups is 1. The standard InChI is InChI=1S/C14H17ClN2O/c1-10-14(7-4-8-18)11(2)17(16-10)13-6-3-5-12(15)9-13/h3,5-6,9,18H,4,7-8H2,1-2H3. The van der Waals surface area contributed by atoms with Crippen molar-refractivity contribution < 1.29 is 5.11 Å². The van der Waals surface area contributed by atoms with Gasteiger partial charge in [0, 0.05) is 17.3 Å². The number of hydrogen-bond acceptors (Lipinski definition) is 2. The van der Waals surface area contributed by atoms with Gasteiger partial charge in [0.15, 0.2) is 0 Å². The van der Waals surface area contributed by atoms with E-state index in [1.807, 2.05) is 42.8 Å². The Labute approximate surface area is 112 Å².